The average molecular weight is 492 g/mol. The molecule has 8 nitrogen and oxygen atoms in total. The van der Waals surface area contributed by atoms with E-state index in [2.05, 4.69) is 20.5 Å². The molecule has 1 fully saturated rings. The molecule has 2 amide bonds. The van der Waals surface area contributed by atoms with E-state index in [-0.39, 0.29) is 18.4 Å². The molecule has 36 heavy (non-hydrogen) atoms. The average Bonchev–Trinajstić information content (AvgIpc) is 2.90. The fraction of sp³-hybridized carbons (Fsp3) is 0.296. The first-order valence-corrected chi connectivity index (χ1v) is 11.8. The van der Waals surface area contributed by atoms with E-state index < -0.39 is 11.8 Å². The van der Waals surface area contributed by atoms with Crippen LogP contribution in [0.3, 0.4) is 0 Å². The van der Waals surface area contributed by atoms with Crippen molar-refractivity contribution in [2.75, 3.05) is 50.1 Å². The molecule has 2 aromatic carbocycles. The maximum atomic E-state index is 14.2. The molecule has 0 aliphatic carbocycles. The highest BCUT2D eigenvalue weighted by atomic mass is 19.1. The topological polar surface area (TPSA) is 86.8 Å². The molecule has 1 saturated heterocycles. The van der Waals surface area contributed by atoms with Crippen molar-refractivity contribution in [2.24, 2.45) is 0 Å². The Labute approximate surface area is 210 Å². The van der Waals surface area contributed by atoms with E-state index in [1.807, 2.05) is 36.1 Å². The van der Waals surface area contributed by atoms with Crippen LogP contribution in [0.2, 0.25) is 0 Å². The smallest absolute Gasteiger partial charge is 0.313 e. The lowest BCUT2D eigenvalue weighted by atomic mass is 10.1. The molecule has 1 atom stereocenters. The van der Waals surface area contributed by atoms with Gasteiger partial charge in [0, 0.05) is 45.1 Å². The third-order valence-corrected chi connectivity index (χ3v) is 6.28. The predicted molar refractivity (Wildman–Crippen MR) is 137 cm³/mol. The van der Waals surface area contributed by atoms with Crippen LogP contribution < -0.4 is 20.3 Å². The number of rotatable bonds is 7. The zero-order valence-electron chi connectivity index (χ0n) is 20.4. The molecule has 0 spiro atoms. The van der Waals surface area contributed by atoms with Gasteiger partial charge in [-0.15, -0.1) is 0 Å². The summed E-state index contributed by atoms with van der Waals surface area (Å²) in [5, 5.41) is 5.40. The number of benzene rings is 2. The minimum atomic E-state index is -0.770. The zero-order chi connectivity index (χ0) is 25.5. The van der Waals surface area contributed by atoms with Gasteiger partial charge in [-0.1, -0.05) is 24.3 Å². The summed E-state index contributed by atoms with van der Waals surface area (Å²) in [6, 6.07) is 15.7. The van der Waals surface area contributed by atoms with Crippen molar-refractivity contribution in [3.8, 4) is 5.75 Å². The molecular formula is C27H30FN5O3. The van der Waals surface area contributed by atoms with E-state index in [0.717, 1.165) is 11.1 Å². The van der Waals surface area contributed by atoms with Crippen LogP contribution in [0.25, 0.3) is 0 Å². The lowest BCUT2D eigenvalue weighted by Crippen LogP contribution is -2.50. The van der Waals surface area contributed by atoms with Gasteiger partial charge in [-0.05, 0) is 48.4 Å². The molecule has 4 rings (SSSR count). The van der Waals surface area contributed by atoms with Gasteiger partial charge in [-0.2, -0.15) is 0 Å². The summed E-state index contributed by atoms with van der Waals surface area (Å²) in [4.78, 5) is 33.7. The Bertz CT molecular complexity index is 1200. The number of methoxy groups -OCH3 is 1. The minimum absolute atomic E-state index is 0.188. The lowest BCUT2D eigenvalue weighted by Gasteiger charge is -2.40. The normalized spacial score (nSPS) is 14.7. The van der Waals surface area contributed by atoms with Crippen LogP contribution in [0.5, 0.6) is 5.75 Å². The number of amides is 2. The van der Waals surface area contributed by atoms with Gasteiger partial charge in [0.2, 0.25) is 0 Å². The Hall–Kier alpha value is -3.98. The number of ether oxygens (including phenoxy) is 1. The zero-order valence-corrected chi connectivity index (χ0v) is 20.4. The van der Waals surface area contributed by atoms with Gasteiger partial charge in [-0.3, -0.25) is 19.5 Å². The standard InChI is InChI=1S/C27H30FN5O3/c1-19-9-10-25(36-2)22(16-19)31-27(35)26(34)30-18-24(20-6-5-11-29-17-20)33-14-12-32(13-15-33)23-8-4-3-7-21(23)28/h3-11,16-17,24H,12-15,18H2,1-2H3,(H,30,34)(H,31,35). The number of hydrogen-bond acceptors (Lipinski definition) is 6. The Morgan fingerprint density at radius 3 is 2.53 bits per heavy atom. The molecule has 9 heteroatoms. The van der Waals surface area contributed by atoms with Crippen LogP contribution in [0.4, 0.5) is 15.8 Å². The number of carbonyl (C=O) groups excluding carboxylic acids is 2. The number of aromatic nitrogens is 1. The molecule has 0 saturated carbocycles. The third kappa shape index (κ3) is 5.98. The Morgan fingerprint density at radius 1 is 1.06 bits per heavy atom. The molecule has 1 aromatic heterocycles. The molecular weight excluding hydrogens is 461 g/mol. The highest BCUT2D eigenvalue weighted by Crippen LogP contribution is 2.26. The van der Waals surface area contributed by atoms with Crippen LogP contribution in [-0.4, -0.2) is 61.5 Å². The number of pyridine rings is 1. The van der Waals surface area contributed by atoms with Crippen molar-refractivity contribution in [1.29, 1.82) is 0 Å². The molecule has 0 bridgehead atoms. The van der Waals surface area contributed by atoms with Crippen LogP contribution >= 0.6 is 0 Å². The number of anilines is 2. The predicted octanol–water partition coefficient (Wildman–Crippen LogP) is 3.16. The van der Waals surface area contributed by atoms with Crippen molar-refractivity contribution >= 4 is 23.2 Å². The number of nitrogens with zero attached hydrogens (tertiary/aromatic N) is 3. The number of nitrogens with one attached hydrogen (secondary N) is 2. The van der Waals surface area contributed by atoms with Crippen LogP contribution in [0.1, 0.15) is 17.2 Å². The van der Waals surface area contributed by atoms with Crippen molar-refractivity contribution in [3.63, 3.8) is 0 Å². The fourth-order valence-corrected chi connectivity index (χ4v) is 4.38. The molecule has 1 aliphatic heterocycles. The van der Waals surface area contributed by atoms with Crippen LogP contribution in [-0.2, 0) is 9.59 Å². The first kappa shape index (κ1) is 25.1. The summed E-state index contributed by atoms with van der Waals surface area (Å²) in [6.07, 6.45) is 3.45. The monoisotopic (exact) mass is 491 g/mol. The van der Waals surface area contributed by atoms with E-state index in [1.54, 1.807) is 36.7 Å². The van der Waals surface area contributed by atoms with E-state index in [9.17, 15) is 14.0 Å². The van der Waals surface area contributed by atoms with Crippen LogP contribution in [0, 0.1) is 12.7 Å². The summed E-state index contributed by atoms with van der Waals surface area (Å²) in [7, 11) is 1.50. The highest BCUT2D eigenvalue weighted by Gasteiger charge is 2.27. The largest absolute Gasteiger partial charge is 0.495 e. The van der Waals surface area contributed by atoms with E-state index in [1.165, 1.54) is 13.2 Å². The SMILES string of the molecule is COc1ccc(C)cc1NC(=O)C(=O)NCC(c1cccnc1)N1CCN(c2ccccc2F)CC1. The van der Waals surface area contributed by atoms with Crippen molar-refractivity contribution < 1.29 is 18.7 Å². The van der Waals surface area contributed by atoms with Gasteiger partial charge in [0.25, 0.3) is 0 Å². The van der Waals surface area contributed by atoms with Gasteiger partial charge in [-0.25, -0.2) is 4.39 Å². The van der Waals surface area contributed by atoms with Gasteiger partial charge < -0.3 is 20.3 Å². The number of carbonyl (C=O) groups is 2. The van der Waals surface area contributed by atoms with Gasteiger partial charge in [0.15, 0.2) is 0 Å². The van der Waals surface area contributed by atoms with Crippen LogP contribution in [0.15, 0.2) is 67.0 Å². The quantitative estimate of drug-likeness (QED) is 0.494. The lowest BCUT2D eigenvalue weighted by molar-refractivity contribution is -0.136. The molecule has 188 valence electrons. The molecule has 2 heterocycles. The van der Waals surface area contributed by atoms with Gasteiger partial charge in [0.05, 0.1) is 24.5 Å². The maximum Gasteiger partial charge on any atom is 0.313 e. The summed E-state index contributed by atoms with van der Waals surface area (Å²) in [5.74, 6) is -1.27. The Morgan fingerprint density at radius 2 is 1.83 bits per heavy atom. The Balaban J connectivity index is 1.41. The maximum absolute atomic E-state index is 14.2. The third-order valence-electron chi connectivity index (χ3n) is 6.28. The number of aryl methyl sites for hydroxylation is 1. The number of para-hydroxylation sites is 1. The van der Waals surface area contributed by atoms with Gasteiger partial charge in [0.1, 0.15) is 11.6 Å². The second kappa shape index (κ2) is 11.6. The summed E-state index contributed by atoms with van der Waals surface area (Å²) in [5.41, 5.74) is 2.88. The van der Waals surface area contributed by atoms with Crippen molar-refractivity contribution in [1.82, 2.24) is 15.2 Å². The molecule has 1 unspecified atom stereocenters. The Kier molecular flexibility index (Phi) is 8.12. The number of piperazine rings is 1. The highest BCUT2D eigenvalue weighted by molar-refractivity contribution is 6.39. The molecule has 1 aliphatic rings. The first-order chi connectivity index (χ1) is 17.5. The molecule has 2 N–H and O–H groups in total. The summed E-state index contributed by atoms with van der Waals surface area (Å²) < 4.78 is 19.5. The van der Waals surface area contributed by atoms with E-state index in [4.69, 9.17) is 4.74 Å². The second-order valence-electron chi connectivity index (χ2n) is 8.64. The molecule has 3 aromatic rings. The van der Waals surface area contributed by atoms with Crippen molar-refractivity contribution in [3.05, 3.63) is 83.9 Å². The molecule has 0 radical (unpaired) electrons. The fourth-order valence-electron chi connectivity index (χ4n) is 4.38. The minimum Gasteiger partial charge on any atom is -0.495 e. The van der Waals surface area contributed by atoms with E-state index in [0.29, 0.717) is 43.3 Å². The number of halogens is 1. The van der Waals surface area contributed by atoms with E-state index >= 15 is 0 Å². The first-order valence-electron chi connectivity index (χ1n) is 11.8. The summed E-state index contributed by atoms with van der Waals surface area (Å²) >= 11 is 0. The summed E-state index contributed by atoms with van der Waals surface area (Å²) in [6.45, 7) is 4.72. The second-order valence-corrected chi connectivity index (χ2v) is 8.64. The van der Waals surface area contributed by atoms with Crippen molar-refractivity contribution in [2.45, 2.75) is 13.0 Å². The van der Waals surface area contributed by atoms with Gasteiger partial charge >= 0.3 is 11.8 Å². The number of hydrogen-bond donors (Lipinski definition) is 2.